The Labute approximate surface area is 170 Å². The Morgan fingerprint density at radius 3 is 1.85 bits per heavy atom. The molecule has 0 unspecified atom stereocenters. The fraction of sp³-hybridized carbons (Fsp3) is 0.962. The summed E-state index contributed by atoms with van der Waals surface area (Å²) < 4.78 is 0. The summed E-state index contributed by atoms with van der Waals surface area (Å²) in [5.74, 6) is 2.95. The van der Waals surface area contributed by atoms with E-state index in [9.17, 15) is 5.26 Å². The third-order valence-electron chi connectivity index (χ3n) is 8.01. The van der Waals surface area contributed by atoms with E-state index in [1.165, 1.54) is 122 Å². The predicted molar refractivity (Wildman–Crippen MR) is 118 cm³/mol. The number of unbranched alkanes of at least 4 members (excludes halogenated alkanes) is 7. The molecule has 2 aliphatic rings. The lowest BCUT2D eigenvalue weighted by molar-refractivity contribution is 0.114. The summed E-state index contributed by atoms with van der Waals surface area (Å²) in [6, 6.07) is 2.78. The van der Waals surface area contributed by atoms with Crippen molar-refractivity contribution in [2.45, 2.75) is 136 Å². The fourth-order valence-electron chi connectivity index (χ4n) is 5.94. The average molecular weight is 374 g/mol. The molecule has 27 heavy (non-hydrogen) atoms. The summed E-state index contributed by atoms with van der Waals surface area (Å²) in [4.78, 5) is 0. The van der Waals surface area contributed by atoms with Gasteiger partial charge in [0.25, 0.3) is 0 Å². The van der Waals surface area contributed by atoms with Gasteiger partial charge < -0.3 is 0 Å². The first-order chi connectivity index (χ1) is 13.2. The van der Waals surface area contributed by atoms with Gasteiger partial charge in [-0.2, -0.15) is 5.26 Å². The first kappa shape index (κ1) is 22.8. The highest BCUT2D eigenvalue weighted by Crippen LogP contribution is 2.47. The molecular weight excluding hydrogens is 326 g/mol. The van der Waals surface area contributed by atoms with E-state index in [-0.39, 0.29) is 5.41 Å². The van der Waals surface area contributed by atoms with Crippen LogP contribution in [0.4, 0.5) is 0 Å². The van der Waals surface area contributed by atoms with Gasteiger partial charge in [-0.3, -0.25) is 0 Å². The lowest BCUT2D eigenvalue weighted by atomic mass is 9.63. The number of hydrogen-bond donors (Lipinski definition) is 0. The molecule has 0 aromatic rings. The van der Waals surface area contributed by atoms with Crippen LogP contribution in [-0.2, 0) is 0 Å². The molecule has 0 aliphatic heterocycles. The summed E-state index contributed by atoms with van der Waals surface area (Å²) >= 11 is 0. The second-order valence-corrected chi connectivity index (χ2v) is 10.0. The fourth-order valence-corrected chi connectivity index (χ4v) is 5.94. The van der Waals surface area contributed by atoms with Gasteiger partial charge in [0.05, 0.1) is 11.5 Å². The Balaban J connectivity index is 1.63. The molecule has 0 N–H and O–H groups in total. The van der Waals surface area contributed by atoms with E-state index in [2.05, 4.69) is 19.9 Å². The van der Waals surface area contributed by atoms with E-state index in [1.54, 1.807) is 0 Å². The molecule has 2 rings (SSSR count). The van der Waals surface area contributed by atoms with Crippen LogP contribution in [0.3, 0.4) is 0 Å². The molecule has 2 fully saturated rings. The maximum absolute atomic E-state index is 9.88. The predicted octanol–water partition coefficient (Wildman–Crippen LogP) is 8.82. The standard InChI is InChI=1S/C26H47N/c1-3-5-7-8-9-10-11-19-26(22-27)20-17-25(18-21-26)24-15-13-23(14-16-24)12-6-4-2/h23-25H,3-21H2,1-2H3/t23?,24?,25-,26+. The second-order valence-electron chi connectivity index (χ2n) is 10.0. The minimum absolute atomic E-state index is 0.0399. The van der Waals surface area contributed by atoms with E-state index in [0.29, 0.717) is 0 Å². The molecule has 0 spiro atoms. The van der Waals surface area contributed by atoms with Gasteiger partial charge in [-0.15, -0.1) is 0 Å². The van der Waals surface area contributed by atoms with E-state index in [0.717, 1.165) is 17.8 Å². The molecule has 0 radical (unpaired) electrons. The van der Waals surface area contributed by atoms with Crippen LogP contribution in [0.25, 0.3) is 0 Å². The third kappa shape index (κ3) is 7.79. The van der Waals surface area contributed by atoms with Gasteiger partial charge in [0.15, 0.2) is 0 Å². The van der Waals surface area contributed by atoms with E-state index < -0.39 is 0 Å². The zero-order valence-corrected chi connectivity index (χ0v) is 18.6. The maximum Gasteiger partial charge on any atom is 0.0689 e. The van der Waals surface area contributed by atoms with Crippen molar-refractivity contribution in [2.75, 3.05) is 0 Å². The van der Waals surface area contributed by atoms with Crippen LogP contribution in [0.2, 0.25) is 0 Å². The molecule has 156 valence electrons. The zero-order valence-electron chi connectivity index (χ0n) is 18.6. The van der Waals surface area contributed by atoms with E-state index in [1.807, 2.05) is 0 Å². The van der Waals surface area contributed by atoms with E-state index >= 15 is 0 Å². The van der Waals surface area contributed by atoms with Gasteiger partial charge in [0.2, 0.25) is 0 Å². The van der Waals surface area contributed by atoms with Crippen molar-refractivity contribution in [3.63, 3.8) is 0 Å². The summed E-state index contributed by atoms with van der Waals surface area (Å²) in [7, 11) is 0. The molecule has 0 saturated heterocycles. The normalized spacial score (nSPS) is 31.5. The van der Waals surface area contributed by atoms with Crippen molar-refractivity contribution in [1.29, 1.82) is 5.26 Å². The molecule has 2 saturated carbocycles. The highest BCUT2D eigenvalue weighted by molar-refractivity contribution is 5.02. The van der Waals surface area contributed by atoms with Crippen LogP contribution in [0, 0.1) is 34.5 Å². The highest BCUT2D eigenvalue weighted by atomic mass is 14.4. The van der Waals surface area contributed by atoms with Gasteiger partial charge >= 0.3 is 0 Å². The minimum atomic E-state index is 0.0399. The first-order valence-electron chi connectivity index (χ1n) is 12.6. The van der Waals surface area contributed by atoms with Crippen molar-refractivity contribution in [3.05, 3.63) is 0 Å². The summed E-state index contributed by atoms with van der Waals surface area (Å²) in [6.45, 7) is 4.60. The van der Waals surface area contributed by atoms with Crippen LogP contribution in [0.1, 0.15) is 136 Å². The van der Waals surface area contributed by atoms with Crippen LogP contribution in [-0.4, -0.2) is 0 Å². The van der Waals surface area contributed by atoms with Gasteiger partial charge in [0, 0.05) is 0 Å². The Bertz CT molecular complexity index is 404. The molecule has 0 atom stereocenters. The smallest absolute Gasteiger partial charge is 0.0689 e. The number of nitriles is 1. The first-order valence-corrected chi connectivity index (χ1v) is 12.6. The molecule has 0 aromatic heterocycles. The Kier molecular flexibility index (Phi) is 10.8. The van der Waals surface area contributed by atoms with Gasteiger partial charge in [-0.1, -0.05) is 90.9 Å². The molecule has 0 aromatic carbocycles. The van der Waals surface area contributed by atoms with Crippen molar-refractivity contribution in [2.24, 2.45) is 23.2 Å². The lowest BCUT2D eigenvalue weighted by Crippen LogP contribution is -2.31. The molecule has 1 heteroatoms. The quantitative estimate of drug-likeness (QED) is 0.313. The average Bonchev–Trinajstić information content (AvgIpc) is 2.72. The summed E-state index contributed by atoms with van der Waals surface area (Å²) in [5.41, 5.74) is 0.0399. The SMILES string of the molecule is CCCCCCCCC[C@]1(C#N)CC[C@@H](C2CCC(CCCC)CC2)CC1. The molecule has 0 amide bonds. The molecule has 0 heterocycles. The van der Waals surface area contributed by atoms with Crippen LogP contribution < -0.4 is 0 Å². The largest absolute Gasteiger partial charge is 0.198 e. The number of hydrogen-bond acceptors (Lipinski definition) is 1. The molecule has 0 bridgehead atoms. The van der Waals surface area contributed by atoms with Gasteiger partial charge in [0.1, 0.15) is 0 Å². The Hall–Kier alpha value is -0.510. The molecular formula is C26H47N. The van der Waals surface area contributed by atoms with E-state index in [4.69, 9.17) is 0 Å². The topological polar surface area (TPSA) is 23.8 Å². The molecule has 2 aliphatic carbocycles. The lowest BCUT2D eigenvalue weighted by Gasteiger charge is -2.41. The molecule has 1 nitrogen and oxygen atoms in total. The van der Waals surface area contributed by atoms with Crippen molar-refractivity contribution >= 4 is 0 Å². The van der Waals surface area contributed by atoms with Gasteiger partial charge in [-0.25, -0.2) is 0 Å². The minimum Gasteiger partial charge on any atom is -0.198 e. The Morgan fingerprint density at radius 2 is 1.26 bits per heavy atom. The van der Waals surface area contributed by atoms with Crippen molar-refractivity contribution in [1.82, 2.24) is 0 Å². The number of nitrogens with zero attached hydrogens (tertiary/aromatic N) is 1. The van der Waals surface area contributed by atoms with Crippen LogP contribution in [0.5, 0.6) is 0 Å². The van der Waals surface area contributed by atoms with Crippen molar-refractivity contribution < 1.29 is 0 Å². The highest BCUT2D eigenvalue weighted by Gasteiger charge is 2.38. The van der Waals surface area contributed by atoms with Crippen LogP contribution in [0.15, 0.2) is 0 Å². The summed E-state index contributed by atoms with van der Waals surface area (Å²) in [5, 5.41) is 9.88. The Morgan fingerprint density at radius 1 is 0.704 bits per heavy atom. The zero-order chi connectivity index (χ0) is 19.4. The number of rotatable bonds is 12. The third-order valence-corrected chi connectivity index (χ3v) is 8.01. The van der Waals surface area contributed by atoms with Gasteiger partial charge in [-0.05, 0) is 62.7 Å². The van der Waals surface area contributed by atoms with Crippen LogP contribution >= 0.6 is 0 Å². The maximum atomic E-state index is 9.88. The monoisotopic (exact) mass is 373 g/mol. The second kappa shape index (κ2) is 12.9. The van der Waals surface area contributed by atoms with Crippen molar-refractivity contribution in [3.8, 4) is 6.07 Å². The summed E-state index contributed by atoms with van der Waals surface area (Å²) in [6.07, 6.45) is 26.0.